The highest BCUT2D eigenvalue weighted by atomic mass is 32.1. The van der Waals surface area contributed by atoms with E-state index in [1.165, 1.54) is 57.2 Å². The van der Waals surface area contributed by atoms with Gasteiger partial charge < -0.3 is 0 Å². The Morgan fingerprint density at radius 2 is 1.68 bits per heavy atom. The Balaban J connectivity index is 1.72. The second kappa shape index (κ2) is 7.84. The lowest BCUT2D eigenvalue weighted by atomic mass is 9.85. The van der Waals surface area contributed by atoms with E-state index in [-0.39, 0.29) is 5.41 Å². The van der Waals surface area contributed by atoms with Crippen molar-refractivity contribution in [3.63, 3.8) is 0 Å². The van der Waals surface area contributed by atoms with Crippen molar-refractivity contribution in [2.45, 2.75) is 53.4 Å². The summed E-state index contributed by atoms with van der Waals surface area (Å²) < 4.78 is 4.05. The highest BCUT2D eigenvalue weighted by Gasteiger charge is 2.23. The molecule has 6 aromatic rings. The van der Waals surface area contributed by atoms with Crippen LogP contribution < -0.4 is 0 Å². The molecule has 0 bridgehead atoms. The summed E-state index contributed by atoms with van der Waals surface area (Å²) in [6, 6.07) is 11.5. The third-order valence-electron chi connectivity index (χ3n) is 6.65. The first kappa shape index (κ1) is 22.1. The lowest BCUT2D eigenvalue weighted by Crippen LogP contribution is -2.11. The molecule has 0 fully saturated rings. The Kier molecular flexibility index (Phi) is 5.11. The average Bonchev–Trinajstić information content (AvgIpc) is 3.47. The average molecular weight is 501 g/mol. The second-order valence-corrected chi connectivity index (χ2v) is 13.8. The minimum absolute atomic E-state index is 0.0605. The van der Waals surface area contributed by atoms with Gasteiger partial charge in [-0.25, -0.2) is 9.97 Å². The number of nitrogens with zero attached hydrogens (tertiary/aromatic N) is 2. The van der Waals surface area contributed by atoms with Crippen LogP contribution in [0.2, 0.25) is 0 Å². The van der Waals surface area contributed by atoms with Crippen molar-refractivity contribution in [1.29, 1.82) is 0 Å². The first-order valence-electron chi connectivity index (χ1n) is 11.8. The fraction of sp³-hybridized carbons (Fsp3) is 0.310. The quantitative estimate of drug-likeness (QED) is 0.242. The van der Waals surface area contributed by atoms with Gasteiger partial charge in [0.05, 0.1) is 5.69 Å². The minimum Gasteiger partial charge on any atom is -0.236 e. The van der Waals surface area contributed by atoms with Gasteiger partial charge in [0.2, 0.25) is 0 Å². The van der Waals surface area contributed by atoms with Gasteiger partial charge in [0, 0.05) is 40.7 Å². The molecule has 0 amide bonds. The topological polar surface area (TPSA) is 25.8 Å². The van der Waals surface area contributed by atoms with E-state index in [0.29, 0.717) is 5.92 Å². The Morgan fingerprint density at radius 1 is 0.912 bits per heavy atom. The molecular formula is C29H28N2S3. The van der Waals surface area contributed by atoms with Crippen LogP contribution in [0.5, 0.6) is 0 Å². The highest BCUT2D eigenvalue weighted by Crippen LogP contribution is 2.46. The summed E-state index contributed by atoms with van der Waals surface area (Å²) >= 11 is 5.58. The van der Waals surface area contributed by atoms with Crippen molar-refractivity contribution in [2.24, 2.45) is 5.92 Å². The third kappa shape index (κ3) is 3.40. The molecule has 0 radical (unpaired) electrons. The van der Waals surface area contributed by atoms with Gasteiger partial charge in [-0.05, 0) is 76.9 Å². The molecule has 34 heavy (non-hydrogen) atoms. The molecule has 0 atom stereocenters. The van der Waals surface area contributed by atoms with Gasteiger partial charge in [-0.15, -0.1) is 34.0 Å². The van der Waals surface area contributed by atoms with Gasteiger partial charge in [0.25, 0.3) is 0 Å². The van der Waals surface area contributed by atoms with Crippen molar-refractivity contribution in [1.82, 2.24) is 9.97 Å². The van der Waals surface area contributed by atoms with E-state index in [0.717, 1.165) is 16.9 Å². The molecule has 0 N–H and O–H groups in total. The summed E-state index contributed by atoms with van der Waals surface area (Å²) in [5.74, 6) is 0.647. The fourth-order valence-corrected chi connectivity index (χ4v) is 8.63. The van der Waals surface area contributed by atoms with Crippen LogP contribution in [0.15, 0.2) is 42.0 Å². The van der Waals surface area contributed by atoms with Crippen molar-refractivity contribution in [2.75, 3.05) is 0 Å². The van der Waals surface area contributed by atoms with Crippen LogP contribution in [0, 0.1) is 12.8 Å². The van der Waals surface area contributed by atoms with Crippen LogP contribution in [0.4, 0.5) is 0 Å². The number of rotatable bonds is 3. The summed E-state index contributed by atoms with van der Waals surface area (Å²) in [4.78, 5) is 12.2. The molecule has 5 heteroatoms. The predicted molar refractivity (Wildman–Crippen MR) is 153 cm³/mol. The van der Waals surface area contributed by atoms with Crippen molar-refractivity contribution < 1.29 is 0 Å². The van der Waals surface area contributed by atoms with E-state index in [1.807, 2.05) is 22.7 Å². The smallest absolute Gasteiger partial charge is 0.128 e. The highest BCUT2D eigenvalue weighted by molar-refractivity contribution is 7.26. The molecule has 172 valence electrons. The lowest BCUT2D eigenvalue weighted by Gasteiger charge is -2.21. The summed E-state index contributed by atoms with van der Waals surface area (Å²) in [5, 5.41) is 7.44. The third-order valence-corrected chi connectivity index (χ3v) is 9.96. The van der Waals surface area contributed by atoms with E-state index in [2.05, 4.69) is 77.3 Å². The molecule has 2 nitrogen and oxygen atoms in total. The van der Waals surface area contributed by atoms with Crippen LogP contribution in [-0.4, -0.2) is 9.97 Å². The van der Waals surface area contributed by atoms with Crippen LogP contribution in [0.25, 0.3) is 51.7 Å². The number of benzene rings is 2. The van der Waals surface area contributed by atoms with E-state index in [9.17, 15) is 0 Å². The molecule has 0 aliphatic carbocycles. The molecule has 2 aromatic carbocycles. The number of aromatic nitrogens is 2. The number of fused-ring (bicyclic) bond motifs is 6. The zero-order valence-corrected chi connectivity index (χ0v) is 22.9. The second-order valence-electron chi connectivity index (χ2n) is 10.7. The van der Waals surface area contributed by atoms with Crippen molar-refractivity contribution in [3.05, 3.63) is 58.0 Å². The molecule has 4 heterocycles. The normalized spacial score (nSPS) is 12.8. The van der Waals surface area contributed by atoms with Crippen molar-refractivity contribution in [3.8, 4) is 11.3 Å². The maximum atomic E-state index is 4.91. The molecule has 0 saturated carbocycles. The Hall–Kier alpha value is -2.34. The van der Waals surface area contributed by atoms with Gasteiger partial charge in [0.15, 0.2) is 0 Å². The Labute approximate surface area is 212 Å². The zero-order valence-electron chi connectivity index (χ0n) is 20.4. The summed E-state index contributed by atoms with van der Waals surface area (Å²) in [6.07, 6.45) is 2.87. The molecule has 0 spiro atoms. The molecule has 0 saturated heterocycles. The minimum atomic E-state index is 0.0605. The van der Waals surface area contributed by atoms with Crippen LogP contribution in [0.3, 0.4) is 0 Å². The SMILES string of the molecule is Cc1c(CC(C)C)sc2ccc3sc4ncnc(-c5cc(C(C)(C)C)c6sccc6c5)c4c3c12. The summed E-state index contributed by atoms with van der Waals surface area (Å²) in [7, 11) is 0. The van der Waals surface area contributed by atoms with E-state index in [4.69, 9.17) is 9.97 Å². The largest absolute Gasteiger partial charge is 0.236 e. The van der Waals surface area contributed by atoms with E-state index < -0.39 is 0 Å². The molecule has 0 aliphatic heterocycles. The van der Waals surface area contributed by atoms with Gasteiger partial charge in [0.1, 0.15) is 11.2 Å². The molecule has 0 unspecified atom stereocenters. The fourth-order valence-electron chi connectivity index (χ4n) is 5.04. The first-order chi connectivity index (χ1) is 16.2. The Morgan fingerprint density at radius 3 is 2.41 bits per heavy atom. The summed E-state index contributed by atoms with van der Waals surface area (Å²) in [6.45, 7) is 13.8. The van der Waals surface area contributed by atoms with Gasteiger partial charge in [-0.3, -0.25) is 0 Å². The lowest BCUT2D eigenvalue weighted by molar-refractivity contribution is 0.597. The molecule has 6 rings (SSSR count). The first-order valence-corrected chi connectivity index (χ1v) is 14.3. The number of thiophene rings is 3. The maximum Gasteiger partial charge on any atom is 0.128 e. The van der Waals surface area contributed by atoms with Crippen molar-refractivity contribution >= 4 is 74.5 Å². The van der Waals surface area contributed by atoms with E-state index in [1.54, 1.807) is 17.7 Å². The summed E-state index contributed by atoms with van der Waals surface area (Å²) in [5.41, 5.74) is 5.12. The zero-order chi connectivity index (χ0) is 23.8. The number of hydrogen-bond acceptors (Lipinski definition) is 5. The molecular weight excluding hydrogens is 473 g/mol. The van der Waals surface area contributed by atoms with Gasteiger partial charge in [-0.1, -0.05) is 34.6 Å². The van der Waals surface area contributed by atoms with Gasteiger partial charge in [-0.2, -0.15) is 0 Å². The standard InChI is InChI=1S/C29H28N2S3/c1-15(2)11-22-16(3)23-20(33-22)7-8-21-24(23)25-26(30-14-31-28(25)34-21)18-12-17-9-10-32-27(17)19(13-18)29(4,5)6/h7-10,12-15H,11H2,1-6H3. The number of hydrogen-bond donors (Lipinski definition) is 0. The molecule has 4 aromatic heterocycles. The van der Waals surface area contributed by atoms with Crippen LogP contribution in [0.1, 0.15) is 50.6 Å². The maximum absolute atomic E-state index is 4.91. The number of aryl methyl sites for hydroxylation is 1. The monoisotopic (exact) mass is 500 g/mol. The van der Waals surface area contributed by atoms with Crippen LogP contribution in [-0.2, 0) is 11.8 Å². The van der Waals surface area contributed by atoms with Crippen LogP contribution >= 0.6 is 34.0 Å². The van der Waals surface area contributed by atoms with E-state index >= 15 is 0 Å². The molecule has 0 aliphatic rings. The Bertz CT molecular complexity index is 1710. The predicted octanol–water partition coefficient (Wildman–Crippen LogP) is 9.75. The van der Waals surface area contributed by atoms with Gasteiger partial charge >= 0.3 is 0 Å².